The minimum atomic E-state index is -4.94. The van der Waals surface area contributed by atoms with Crippen LogP contribution in [0.2, 0.25) is 0 Å². The molecular weight excluding hydrogens is 414 g/mol. The lowest BCUT2D eigenvalue weighted by Gasteiger charge is -2.28. The maximum absolute atomic E-state index is 13.0. The highest BCUT2D eigenvalue weighted by atomic mass is 19.4. The lowest BCUT2D eigenvalue weighted by Crippen LogP contribution is -2.48. The van der Waals surface area contributed by atoms with Crippen LogP contribution in [0.25, 0.3) is 0 Å². The average molecular weight is 434 g/mol. The summed E-state index contributed by atoms with van der Waals surface area (Å²) in [6.07, 6.45) is -3.08. The molecule has 0 aliphatic carbocycles. The minimum Gasteiger partial charge on any atom is -0.374 e. The van der Waals surface area contributed by atoms with Crippen LogP contribution in [0.15, 0.2) is 54.7 Å². The van der Waals surface area contributed by atoms with Crippen LogP contribution >= 0.6 is 0 Å². The van der Waals surface area contributed by atoms with Gasteiger partial charge in [0.2, 0.25) is 0 Å². The van der Waals surface area contributed by atoms with Gasteiger partial charge in [0.15, 0.2) is 0 Å². The van der Waals surface area contributed by atoms with E-state index in [4.69, 9.17) is 4.74 Å². The summed E-state index contributed by atoms with van der Waals surface area (Å²) in [5.41, 5.74) is -3.75. The van der Waals surface area contributed by atoms with Crippen molar-refractivity contribution in [3.8, 4) is 0 Å². The van der Waals surface area contributed by atoms with Crippen LogP contribution < -0.4 is 10.6 Å². The van der Waals surface area contributed by atoms with Gasteiger partial charge < -0.3 is 15.4 Å². The van der Waals surface area contributed by atoms with Gasteiger partial charge in [0, 0.05) is 6.54 Å². The fourth-order valence-corrected chi connectivity index (χ4v) is 2.80. The molecule has 1 saturated heterocycles. The number of carbonyl (C=O) groups is 1. The number of hydrogen-bond acceptors (Lipinski definition) is 2. The predicted octanol–water partition coefficient (Wildman–Crippen LogP) is 4.98. The second-order valence-electron chi connectivity index (χ2n) is 6.71. The quantitative estimate of drug-likeness (QED) is 0.470. The van der Waals surface area contributed by atoms with Gasteiger partial charge in [-0.15, -0.1) is 0 Å². The van der Waals surface area contributed by atoms with Crippen LogP contribution in [0.3, 0.4) is 0 Å². The second kappa shape index (κ2) is 8.95. The summed E-state index contributed by atoms with van der Waals surface area (Å²) in [6.45, 7) is 5.06. The number of hydrogen-bond donors (Lipinski definition) is 2. The van der Waals surface area contributed by atoms with E-state index in [1.165, 1.54) is 0 Å². The van der Waals surface area contributed by atoms with Gasteiger partial charge >= 0.3 is 18.4 Å². The molecule has 30 heavy (non-hydrogen) atoms. The van der Waals surface area contributed by atoms with E-state index in [1.807, 2.05) is 0 Å². The Labute approximate surface area is 169 Å². The summed E-state index contributed by atoms with van der Waals surface area (Å²) in [5, 5.41) is 5.19. The number of alkyl halides is 6. The summed E-state index contributed by atoms with van der Waals surface area (Å²) in [7, 11) is 0. The van der Waals surface area contributed by atoms with Crippen molar-refractivity contribution in [2.75, 3.05) is 13.2 Å². The van der Waals surface area contributed by atoms with Crippen molar-refractivity contribution in [1.82, 2.24) is 10.6 Å². The van der Waals surface area contributed by atoms with Crippen molar-refractivity contribution < 1.29 is 35.9 Å². The van der Waals surface area contributed by atoms with Gasteiger partial charge in [-0.3, -0.25) is 0 Å². The smallest absolute Gasteiger partial charge is 0.374 e. The largest absolute Gasteiger partial charge is 0.416 e. The molecule has 4 nitrogen and oxygen atoms in total. The molecule has 1 heterocycles. The number of carbonyl (C=O) groups excluding carboxylic acids is 1. The van der Waals surface area contributed by atoms with Crippen LogP contribution in [0.5, 0.6) is 0 Å². The number of amides is 2. The molecule has 1 aliphatic heterocycles. The molecule has 0 aromatic heterocycles. The first-order valence-corrected chi connectivity index (χ1v) is 8.78. The zero-order valence-corrected chi connectivity index (χ0v) is 16.0. The molecule has 0 unspecified atom stereocenters. The number of halogens is 6. The zero-order chi connectivity index (χ0) is 22.6. The second-order valence-corrected chi connectivity index (χ2v) is 6.71. The molecule has 1 aliphatic rings. The van der Waals surface area contributed by atoms with Gasteiger partial charge in [-0.1, -0.05) is 30.9 Å². The van der Waals surface area contributed by atoms with Gasteiger partial charge in [-0.25, -0.2) is 4.79 Å². The molecule has 0 spiro atoms. The maximum Gasteiger partial charge on any atom is 0.416 e. The Morgan fingerprint density at radius 1 is 1.13 bits per heavy atom. The monoisotopic (exact) mass is 434 g/mol. The molecule has 0 bridgehead atoms. The lowest BCUT2D eigenvalue weighted by atomic mass is 9.92. The van der Waals surface area contributed by atoms with Crippen molar-refractivity contribution in [2.24, 2.45) is 0 Å². The van der Waals surface area contributed by atoms with E-state index >= 15 is 0 Å². The van der Waals surface area contributed by atoms with Crippen LogP contribution in [-0.2, 0) is 23.7 Å². The molecule has 1 aromatic rings. The number of urea groups is 1. The third-order valence-corrected chi connectivity index (χ3v) is 4.38. The normalized spacial score (nSPS) is 20.0. The van der Waals surface area contributed by atoms with Crippen molar-refractivity contribution >= 4 is 6.03 Å². The highest BCUT2D eigenvalue weighted by Crippen LogP contribution is 2.36. The fourth-order valence-electron chi connectivity index (χ4n) is 2.80. The van der Waals surface area contributed by atoms with Gasteiger partial charge in [0.25, 0.3) is 0 Å². The van der Waals surface area contributed by atoms with E-state index in [1.54, 1.807) is 31.2 Å². The average Bonchev–Trinajstić information content (AvgIpc) is 3.02. The molecule has 2 amide bonds. The molecule has 0 saturated carbocycles. The standard InChI is InChI=1S/C20H20F6N2O2/c1-3-4-5-6-13(2)18(11-27-17(29)28-18)12-30-10-14-7-15(19(21,22)23)9-16(8-14)20(24,25)26/h3-9H,2,10-12H2,1H3,(H2,27,28,29)/b4-3-,6-5-/t18-/m1/s1. The Morgan fingerprint density at radius 3 is 2.20 bits per heavy atom. The van der Waals surface area contributed by atoms with Crippen molar-refractivity contribution in [3.63, 3.8) is 0 Å². The highest BCUT2D eigenvalue weighted by Gasteiger charge is 2.40. The number of nitrogens with one attached hydrogen (secondary N) is 2. The van der Waals surface area contributed by atoms with Crippen molar-refractivity contribution in [2.45, 2.75) is 31.4 Å². The third-order valence-electron chi connectivity index (χ3n) is 4.38. The number of benzene rings is 1. The van der Waals surface area contributed by atoms with E-state index < -0.39 is 41.7 Å². The summed E-state index contributed by atoms with van der Waals surface area (Å²) < 4.78 is 83.3. The Hall–Kier alpha value is -2.75. The van der Waals surface area contributed by atoms with Gasteiger partial charge in [-0.05, 0) is 36.3 Å². The van der Waals surface area contributed by atoms with Crippen LogP contribution in [-0.4, -0.2) is 24.7 Å². The molecule has 2 N–H and O–H groups in total. The van der Waals surface area contributed by atoms with E-state index in [0.717, 1.165) is 0 Å². The van der Waals surface area contributed by atoms with E-state index in [-0.39, 0.29) is 24.8 Å². The van der Waals surface area contributed by atoms with Gasteiger partial charge in [-0.2, -0.15) is 26.3 Å². The molecule has 2 rings (SSSR count). The molecule has 0 radical (unpaired) electrons. The Balaban J connectivity index is 2.20. The van der Waals surface area contributed by atoms with Crippen LogP contribution in [0, 0.1) is 0 Å². The summed E-state index contributed by atoms with van der Waals surface area (Å²) in [5.74, 6) is 0. The highest BCUT2D eigenvalue weighted by molar-refractivity contribution is 5.79. The summed E-state index contributed by atoms with van der Waals surface area (Å²) in [4.78, 5) is 11.6. The minimum absolute atomic E-state index is 0.0555. The number of rotatable bonds is 7. The van der Waals surface area contributed by atoms with Crippen LogP contribution in [0.4, 0.5) is 31.1 Å². The Morgan fingerprint density at radius 2 is 1.73 bits per heavy atom. The van der Waals surface area contributed by atoms with E-state index in [0.29, 0.717) is 17.7 Å². The number of allylic oxidation sites excluding steroid dienone is 3. The Bertz CT molecular complexity index is 826. The first-order valence-electron chi connectivity index (χ1n) is 8.78. The molecule has 1 atom stereocenters. The topological polar surface area (TPSA) is 50.4 Å². The predicted molar refractivity (Wildman–Crippen MR) is 98.5 cm³/mol. The molecule has 1 fully saturated rings. The zero-order valence-electron chi connectivity index (χ0n) is 16.0. The molecule has 164 valence electrons. The maximum atomic E-state index is 13.0. The fraction of sp³-hybridized carbons (Fsp3) is 0.350. The molecule has 1 aromatic carbocycles. The molecule has 10 heteroatoms. The Kier molecular flexibility index (Phi) is 7.02. The van der Waals surface area contributed by atoms with Gasteiger partial charge in [0.05, 0.1) is 24.3 Å². The summed E-state index contributed by atoms with van der Waals surface area (Å²) >= 11 is 0. The molecular formula is C20H20F6N2O2. The van der Waals surface area contributed by atoms with Crippen molar-refractivity contribution in [1.29, 1.82) is 0 Å². The number of ether oxygens (including phenoxy) is 1. The van der Waals surface area contributed by atoms with Gasteiger partial charge in [0.1, 0.15) is 5.54 Å². The lowest BCUT2D eigenvalue weighted by molar-refractivity contribution is -0.143. The first-order chi connectivity index (χ1) is 13.9. The summed E-state index contributed by atoms with van der Waals surface area (Å²) in [6, 6.07) is 0.778. The van der Waals surface area contributed by atoms with Crippen LogP contribution in [0.1, 0.15) is 23.6 Å². The van der Waals surface area contributed by atoms with E-state index in [9.17, 15) is 31.1 Å². The van der Waals surface area contributed by atoms with Crippen molar-refractivity contribution in [3.05, 3.63) is 71.3 Å². The third kappa shape index (κ3) is 5.88. The first kappa shape index (κ1) is 23.5. The SMILES string of the molecule is C=C(/C=C\C=C/C)[C@]1(COCc2cc(C(F)(F)F)cc(C(F)(F)F)c2)CNC(=O)N1. The van der Waals surface area contributed by atoms with E-state index in [2.05, 4.69) is 17.2 Å².